The molecule has 0 aromatic heterocycles. The molecular formula is C21H37NO5. The zero-order valence-corrected chi connectivity index (χ0v) is 17.0. The predicted molar refractivity (Wildman–Crippen MR) is 103 cm³/mol. The van der Waals surface area contributed by atoms with Crippen LogP contribution in [0.2, 0.25) is 0 Å². The number of fused-ring (bicyclic) bond motifs is 2. The molecule has 0 aromatic carbocycles. The molecule has 0 heterocycles. The molecule has 2 rings (SSSR count). The highest BCUT2D eigenvalue weighted by Gasteiger charge is 2.46. The third kappa shape index (κ3) is 6.75. The van der Waals surface area contributed by atoms with E-state index in [1.165, 1.54) is 6.42 Å². The second-order valence-corrected chi connectivity index (χ2v) is 7.96. The Kier molecular flexibility index (Phi) is 9.56. The number of ether oxygens (including phenoxy) is 2. The van der Waals surface area contributed by atoms with Gasteiger partial charge in [-0.2, -0.15) is 0 Å². The summed E-state index contributed by atoms with van der Waals surface area (Å²) in [6.45, 7) is 5.14. The molecule has 2 aliphatic carbocycles. The largest absolute Gasteiger partial charge is 0.466 e. The van der Waals surface area contributed by atoms with Crippen LogP contribution in [0, 0.1) is 17.8 Å². The van der Waals surface area contributed by atoms with Crippen LogP contribution in [-0.4, -0.2) is 48.9 Å². The number of carbonyl (C=O) groups excluding carboxylic acids is 2. The van der Waals surface area contributed by atoms with Gasteiger partial charge in [-0.15, -0.1) is 0 Å². The van der Waals surface area contributed by atoms with Crippen LogP contribution < -0.4 is 5.32 Å². The lowest BCUT2D eigenvalue weighted by Crippen LogP contribution is -2.44. The van der Waals surface area contributed by atoms with Crippen molar-refractivity contribution >= 4 is 11.9 Å². The van der Waals surface area contributed by atoms with E-state index in [1.807, 2.05) is 13.8 Å². The van der Waals surface area contributed by atoms with Gasteiger partial charge in [-0.3, -0.25) is 9.59 Å². The summed E-state index contributed by atoms with van der Waals surface area (Å²) in [5.74, 6) is 1.00. The molecule has 2 fully saturated rings. The van der Waals surface area contributed by atoms with Gasteiger partial charge < -0.3 is 19.9 Å². The Labute approximate surface area is 163 Å². The Balaban J connectivity index is 1.67. The van der Waals surface area contributed by atoms with Gasteiger partial charge in [0.25, 0.3) is 0 Å². The highest BCUT2D eigenvalue weighted by Crippen LogP contribution is 2.48. The van der Waals surface area contributed by atoms with E-state index < -0.39 is 0 Å². The molecule has 0 saturated heterocycles. The summed E-state index contributed by atoms with van der Waals surface area (Å²) >= 11 is 0. The summed E-state index contributed by atoms with van der Waals surface area (Å²) in [5.41, 5.74) is 0. The van der Waals surface area contributed by atoms with E-state index in [1.54, 1.807) is 0 Å². The minimum Gasteiger partial charge on any atom is -0.466 e. The lowest BCUT2D eigenvalue weighted by Gasteiger charge is -2.29. The zero-order valence-electron chi connectivity index (χ0n) is 17.0. The third-order valence-corrected chi connectivity index (χ3v) is 6.14. The number of carbonyl (C=O) groups is 2. The number of aliphatic hydroxyl groups excluding tert-OH is 1. The molecule has 0 aliphatic heterocycles. The van der Waals surface area contributed by atoms with E-state index in [9.17, 15) is 14.7 Å². The van der Waals surface area contributed by atoms with Gasteiger partial charge in [0.05, 0.1) is 19.3 Å². The lowest BCUT2D eigenvalue weighted by atomic mass is 9.86. The van der Waals surface area contributed by atoms with Crippen LogP contribution in [0.5, 0.6) is 0 Å². The molecule has 0 spiro atoms. The van der Waals surface area contributed by atoms with Gasteiger partial charge >= 0.3 is 11.9 Å². The first kappa shape index (κ1) is 22.2. The summed E-state index contributed by atoms with van der Waals surface area (Å²) in [4.78, 5) is 23.6. The average Bonchev–Trinajstić information content (AvgIpc) is 3.23. The van der Waals surface area contributed by atoms with E-state index in [0.29, 0.717) is 38.0 Å². The van der Waals surface area contributed by atoms with Crippen molar-refractivity contribution < 1.29 is 24.2 Å². The standard InChI is InChI=1S/C21H37NO5/c1-3-26-19(23)10-8-6-5-7-9-18(21(25)27-4-2)22-14-17-15-11-12-16(13-15)20(17)24/h15-18,20,22,24H,3-14H2,1-2H3. The van der Waals surface area contributed by atoms with Crippen LogP contribution in [0.1, 0.15) is 71.6 Å². The van der Waals surface area contributed by atoms with Crippen molar-refractivity contribution in [2.75, 3.05) is 19.8 Å². The quantitative estimate of drug-likeness (QED) is 0.376. The van der Waals surface area contributed by atoms with Crippen LogP contribution in [-0.2, 0) is 19.1 Å². The fourth-order valence-electron chi connectivity index (χ4n) is 4.70. The van der Waals surface area contributed by atoms with Crippen LogP contribution in [0.25, 0.3) is 0 Å². The molecule has 5 atom stereocenters. The Hall–Kier alpha value is -1.14. The molecule has 5 unspecified atom stereocenters. The van der Waals surface area contributed by atoms with Crippen molar-refractivity contribution in [3.8, 4) is 0 Å². The van der Waals surface area contributed by atoms with Crippen molar-refractivity contribution in [1.29, 1.82) is 0 Å². The number of hydrogen-bond donors (Lipinski definition) is 2. The molecule has 6 nitrogen and oxygen atoms in total. The first-order valence-electron chi connectivity index (χ1n) is 10.8. The lowest BCUT2D eigenvalue weighted by molar-refractivity contribution is -0.146. The minimum atomic E-state index is -0.304. The van der Waals surface area contributed by atoms with E-state index >= 15 is 0 Å². The van der Waals surface area contributed by atoms with E-state index in [2.05, 4.69) is 5.32 Å². The fraction of sp³-hybridized carbons (Fsp3) is 0.905. The van der Waals surface area contributed by atoms with Crippen LogP contribution in [0.15, 0.2) is 0 Å². The normalized spacial score (nSPS) is 27.5. The maximum Gasteiger partial charge on any atom is 0.323 e. The second kappa shape index (κ2) is 11.6. The van der Waals surface area contributed by atoms with Crippen molar-refractivity contribution in [2.45, 2.75) is 83.8 Å². The molecule has 2 saturated carbocycles. The molecule has 2 bridgehead atoms. The summed E-state index contributed by atoms with van der Waals surface area (Å²) in [5, 5.41) is 13.8. The zero-order chi connectivity index (χ0) is 19.6. The maximum atomic E-state index is 12.3. The highest BCUT2D eigenvalue weighted by atomic mass is 16.5. The van der Waals surface area contributed by atoms with Gasteiger partial charge in [0.15, 0.2) is 0 Å². The summed E-state index contributed by atoms with van der Waals surface area (Å²) in [6, 6.07) is -0.304. The number of hydrogen-bond acceptors (Lipinski definition) is 6. The van der Waals surface area contributed by atoms with Gasteiger partial charge in [0.2, 0.25) is 0 Å². The van der Waals surface area contributed by atoms with Crippen molar-refractivity contribution in [3.05, 3.63) is 0 Å². The molecule has 156 valence electrons. The van der Waals surface area contributed by atoms with E-state index in [4.69, 9.17) is 9.47 Å². The average molecular weight is 384 g/mol. The van der Waals surface area contributed by atoms with E-state index in [0.717, 1.165) is 44.9 Å². The van der Waals surface area contributed by atoms with Gasteiger partial charge in [-0.25, -0.2) is 0 Å². The first-order chi connectivity index (χ1) is 13.1. The number of nitrogens with one attached hydrogen (secondary N) is 1. The number of unbranched alkanes of at least 4 members (excludes halogenated alkanes) is 3. The topological polar surface area (TPSA) is 84.9 Å². The smallest absolute Gasteiger partial charge is 0.323 e. The van der Waals surface area contributed by atoms with Crippen molar-refractivity contribution in [2.24, 2.45) is 17.8 Å². The maximum absolute atomic E-state index is 12.3. The van der Waals surface area contributed by atoms with Crippen molar-refractivity contribution in [1.82, 2.24) is 5.32 Å². The van der Waals surface area contributed by atoms with Gasteiger partial charge in [0, 0.05) is 18.9 Å². The third-order valence-electron chi connectivity index (χ3n) is 6.14. The number of aliphatic hydroxyl groups is 1. The summed E-state index contributed by atoms with van der Waals surface area (Å²) in [6.07, 6.45) is 8.15. The molecule has 0 aromatic rings. The Morgan fingerprint density at radius 3 is 2.41 bits per heavy atom. The summed E-state index contributed by atoms with van der Waals surface area (Å²) in [7, 11) is 0. The first-order valence-corrected chi connectivity index (χ1v) is 10.8. The second-order valence-electron chi connectivity index (χ2n) is 7.96. The minimum absolute atomic E-state index is 0.131. The fourth-order valence-corrected chi connectivity index (χ4v) is 4.70. The molecule has 0 radical (unpaired) electrons. The Morgan fingerprint density at radius 2 is 1.74 bits per heavy atom. The van der Waals surface area contributed by atoms with Crippen LogP contribution in [0.4, 0.5) is 0 Å². The molecule has 27 heavy (non-hydrogen) atoms. The highest BCUT2D eigenvalue weighted by molar-refractivity contribution is 5.75. The van der Waals surface area contributed by atoms with Crippen molar-refractivity contribution in [3.63, 3.8) is 0 Å². The Morgan fingerprint density at radius 1 is 1.04 bits per heavy atom. The van der Waals surface area contributed by atoms with Gasteiger partial charge in [-0.1, -0.05) is 19.3 Å². The molecule has 0 amide bonds. The molecule has 6 heteroatoms. The number of esters is 2. The van der Waals surface area contributed by atoms with Gasteiger partial charge in [0.1, 0.15) is 6.04 Å². The van der Waals surface area contributed by atoms with Gasteiger partial charge in [-0.05, 0) is 57.8 Å². The molecule has 2 aliphatic rings. The van der Waals surface area contributed by atoms with E-state index in [-0.39, 0.29) is 30.0 Å². The monoisotopic (exact) mass is 383 g/mol. The predicted octanol–water partition coefficient (Wildman–Crippen LogP) is 2.82. The SMILES string of the molecule is CCOC(=O)CCCCCCC(NCC1C2CCC(C2)C1O)C(=O)OCC. The van der Waals surface area contributed by atoms with Crippen LogP contribution in [0.3, 0.4) is 0 Å². The number of rotatable bonds is 13. The Bertz CT molecular complexity index is 467. The van der Waals surface area contributed by atoms with Crippen LogP contribution >= 0.6 is 0 Å². The molecule has 2 N–H and O–H groups in total. The molecular weight excluding hydrogens is 346 g/mol. The summed E-state index contributed by atoms with van der Waals surface area (Å²) < 4.78 is 10.1.